The first kappa shape index (κ1) is 20.7. The Kier molecular flexibility index (Phi) is 6.56. The molecule has 2 unspecified atom stereocenters. The molecule has 0 radical (unpaired) electrons. The molecule has 0 bridgehead atoms. The summed E-state index contributed by atoms with van der Waals surface area (Å²) in [6, 6.07) is 30.6. The van der Waals surface area contributed by atoms with Crippen LogP contribution in [0, 0.1) is 0 Å². The molecule has 0 spiro atoms. The van der Waals surface area contributed by atoms with E-state index in [1.165, 1.54) is 20.2 Å². The predicted molar refractivity (Wildman–Crippen MR) is 122 cm³/mol. The summed E-state index contributed by atoms with van der Waals surface area (Å²) in [6.45, 7) is 2.72. The fourth-order valence-corrected chi connectivity index (χ4v) is 6.01. The number of rotatable bonds is 7. The van der Waals surface area contributed by atoms with Gasteiger partial charge >= 0.3 is 5.97 Å². The van der Waals surface area contributed by atoms with Gasteiger partial charge < -0.3 is 4.74 Å². The summed E-state index contributed by atoms with van der Waals surface area (Å²) >= 11 is 0. The second-order valence-corrected chi connectivity index (χ2v) is 9.79. The molecule has 0 aromatic heterocycles. The highest BCUT2D eigenvalue weighted by Crippen LogP contribution is 2.31. The van der Waals surface area contributed by atoms with Crippen LogP contribution in [0.15, 0.2) is 99.6 Å². The Hall–Kier alpha value is -2.56. The van der Waals surface area contributed by atoms with Crippen LogP contribution in [0.25, 0.3) is 0 Å². The summed E-state index contributed by atoms with van der Waals surface area (Å²) < 4.78 is 5.13. The highest BCUT2D eigenvalue weighted by atomic mass is 32.2. The standard InChI is InChI=1S/C26H28NO2S/c1-20(27(2)25-17-18-29-26(25)28)19-21-13-15-24(16-14-21)30(22-9-5-3-6-10-22)23-11-7-4-8-12-23/h3-16,20,25H,17-19H2,1-2H3/q+1. The maximum Gasteiger partial charge on any atom is 0.323 e. The Morgan fingerprint density at radius 3 is 1.93 bits per heavy atom. The molecular formula is C26H28NO2S+. The lowest BCUT2D eigenvalue weighted by Gasteiger charge is -2.28. The maximum absolute atomic E-state index is 11.9. The molecule has 0 saturated carbocycles. The average Bonchev–Trinajstić information content (AvgIpc) is 3.22. The minimum atomic E-state index is -0.123. The van der Waals surface area contributed by atoms with E-state index in [1.54, 1.807) is 0 Å². The van der Waals surface area contributed by atoms with E-state index in [4.69, 9.17) is 4.74 Å². The Bertz CT molecular complexity index is 920. The normalized spacial score (nSPS) is 17.3. The Morgan fingerprint density at radius 1 is 0.900 bits per heavy atom. The van der Waals surface area contributed by atoms with E-state index in [1.807, 2.05) is 7.05 Å². The maximum atomic E-state index is 11.9. The van der Waals surface area contributed by atoms with Crippen molar-refractivity contribution in [3.63, 3.8) is 0 Å². The Balaban J connectivity index is 1.53. The third-order valence-corrected chi connectivity index (χ3v) is 7.97. The average molecular weight is 419 g/mol. The molecule has 3 aromatic rings. The van der Waals surface area contributed by atoms with Gasteiger partial charge in [0, 0.05) is 12.5 Å². The van der Waals surface area contributed by atoms with E-state index in [0.29, 0.717) is 6.61 Å². The smallest absolute Gasteiger partial charge is 0.323 e. The van der Waals surface area contributed by atoms with E-state index in [0.717, 1.165) is 12.8 Å². The van der Waals surface area contributed by atoms with Crippen LogP contribution < -0.4 is 0 Å². The number of cyclic esters (lactones) is 1. The highest BCUT2D eigenvalue weighted by Gasteiger charge is 2.33. The fourth-order valence-electron chi connectivity index (χ4n) is 3.93. The van der Waals surface area contributed by atoms with Crippen molar-refractivity contribution in [1.82, 2.24) is 4.90 Å². The van der Waals surface area contributed by atoms with Crippen LogP contribution in [0.2, 0.25) is 0 Å². The minimum absolute atomic E-state index is 0.0885. The van der Waals surface area contributed by atoms with Gasteiger partial charge in [-0.05, 0) is 62.4 Å². The molecule has 0 amide bonds. The van der Waals surface area contributed by atoms with Crippen molar-refractivity contribution in [2.24, 2.45) is 0 Å². The molecule has 3 nitrogen and oxygen atoms in total. The summed E-state index contributed by atoms with van der Waals surface area (Å²) in [4.78, 5) is 18.0. The number of hydrogen-bond donors (Lipinski definition) is 0. The quantitative estimate of drug-likeness (QED) is 0.401. The monoisotopic (exact) mass is 418 g/mol. The third kappa shape index (κ3) is 4.61. The van der Waals surface area contributed by atoms with Crippen molar-refractivity contribution >= 4 is 16.9 Å². The number of nitrogens with zero attached hydrogens (tertiary/aromatic N) is 1. The van der Waals surface area contributed by atoms with Crippen molar-refractivity contribution in [3.8, 4) is 0 Å². The number of benzene rings is 3. The van der Waals surface area contributed by atoms with Gasteiger partial charge in [-0.15, -0.1) is 0 Å². The first-order valence-electron chi connectivity index (χ1n) is 10.5. The van der Waals surface area contributed by atoms with Gasteiger partial charge in [-0.3, -0.25) is 9.69 Å². The van der Waals surface area contributed by atoms with Gasteiger partial charge in [0.15, 0.2) is 14.7 Å². The van der Waals surface area contributed by atoms with Crippen LogP contribution >= 0.6 is 0 Å². The lowest BCUT2D eigenvalue weighted by atomic mass is 10.0. The second-order valence-electron chi connectivity index (χ2n) is 7.77. The molecule has 30 heavy (non-hydrogen) atoms. The minimum Gasteiger partial charge on any atom is -0.464 e. The van der Waals surface area contributed by atoms with Gasteiger partial charge in [0.25, 0.3) is 0 Å². The van der Waals surface area contributed by atoms with E-state index in [-0.39, 0.29) is 28.9 Å². The molecule has 154 valence electrons. The first-order valence-corrected chi connectivity index (χ1v) is 11.7. The van der Waals surface area contributed by atoms with Crippen LogP contribution in [-0.2, 0) is 26.8 Å². The first-order chi connectivity index (χ1) is 14.6. The largest absolute Gasteiger partial charge is 0.464 e. The SMILES string of the molecule is CC(Cc1ccc([S+](c2ccccc2)c2ccccc2)cc1)N(C)C1CCOC1=O. The lowest BCUT2D eigenvalue weighted by molar-refractivity contribution is -0.142. The molecular weight excluding hydrogens is 390 g/mol. The number of hydrogen-bond acceptors (Lipinski definition) is 3. The van der Waals surface area contributed by atoms with Crippen molar-refractivity contribution in [1.29, 1.82) is 0 Å². The zero-order chi connectivity index (χ0) is 20.9. The third-order valence-electron chi connectivity index (χ3n) is 5.74. The number of carbonyl (C=O) groups is 1. The molecule has 4 heteroatoms. The van der Waals surface area contributed by atoms with Crippen LogP contribution in [0.4, 0.5) is 0 Å². The van der Waals surface area contributed by atoms with E-state index in [9.17, 15) is 4.79 Å². The molecule has 3 aromatic carbocycles. The summed E-state index contributed by atoms with van der Waals surface area (Å²) in [6.07, 6.45) is 1.70. The molecule has 1 aliphatic rings. The van der Waals surface area contributed by atoms with E-state index >= 15 is 0 Å². The van der Waals surface area contributed by atoms with Gasteiger partial charge in [0.05, 0.1) is 17.5 Å². The Morgan fingerprint density at radius 2 is 1.43 bits per heavy atom. The number of esters is 1. The molecule has 1 saturated heterocycles. The fraction of sp³-hybridized carbons (Fsp3) is 0.269. The zero-order valence-electron chi connectivity index (χ0n) is 17.5. The molecule has 1 aliphatic heterocycles. The van der Waals surface area contributed by atoms with Crippen molar-refractivity contribution in [3.05, 3.63) is 90.5 Å². The zero-order valence-corrected chi connectivity index (χ0v) is 18.3. The summed E-state index contributed by atoms with van der Waals surface area (Å²) in [5.41, 5.74) is 1.29. The molecule has 1 fully saturated rings. The van der Waals surface area contributed by atoms with Crippen molar-refractivity contribution < 1.29 is 9.53 Å². The Labute approximate surface area is 182 Å². The number of ether oxygens (including phenoxy) is 1. The van der Waals surface area contributed by atoms with Gasteiger partial charge in [-0.25, -0.2) is 0 Å². The number of likely N-dealkylation sites (N-methyl/N-ethyl adjacent to an activating group) is 1. The van der Waals surface area contributed by atoms with Gasteiger partial charge in [-0.1, -0.05) is 48.5 Å². The summed E-state index contributed by atoms with van der Waals surface area (Å²) in [5.74, 6) is -0.0885. The highest BCUT2D eigenvalue weighted by molar-refractivity contribution is 7.97. The van der Waals surface area contributed by atoms with Crippen molar-refractivity contribution in [2.45, 2.75) is 46.5 Å². The molecule has 0 aliphatic carbocycles. The second kappa shape index (κ2) is 9.50. The van der Waals surface area contributed by atoms with Gasteiger partial charge in [0.2, 0.25) is 0 Å². The molecule has 4 rings (SSSR count). The topological polar surface area (TPSA) is 29.5 Å². The van der Waals surface area contributed by atoms with Gasteiger partial charge in [-0.2, -0.15) is 0 Å². The predicted octanol–water partition coefficient (Wildman–Crippen LogP) is 4.96. The van der Waals surface area contributed by atoms with E-state index < -0.39 is 0 Å². The van der Waals surface area contributed by atoms with Crippen LogP contribution in [0.5, 0.6) is 0 Å². The van der Waals surface area contributed by atoms with Crippen LogP contribution in [-0.4, -0.2) is 36.6 Å². The molecule has 2 atom stereocenters. The molecule has 0 N–H and O–H groups in total. The lowest BCUT2D eigenvalue weighted by Crippen LogP contribution is -2.42. The van der Waals surface area contributed by atoms with Crippen molar-refractivity contribution in [2.75, 3.05) is 13.7 Å². The summed E-state index contributed by atoms with van der Waals surface area (Å²) in [5, 5.41) is 0. The summed E-state index contributed by atoms with van der Waals surface area (Å²) in [7, 11) is 1.90. The van der Waals surface area contributed by atoms with Crippen LogP contribution in [0.3, 0.4) is 0 Å². The van der Waals surface area contributed by atoms with Gasteiger partial charge in [0.1, 0.15) is 6.04 Å². The van der Waals surface area contributed by atoms with Crippen LogP contribution in [0.1, 0.15) is 18.9 Å². The number of carbonyl (C=O) groups excluding carboxylic acids is 1. The molecule has 1 heterocycles. The van der Waals surface area contributed by atoms with E-state index in [2.05, 4.69) is 96.8 Å².